The summed E-state index contributed by atoms with van der Waals surface area (Å²) in [5, 5.41) is 0. The molecule has 1 aromatic carbocycles. The Balaban J connectivity index is 2.09. The van der Waals surface area contributed by atoms with Gasteiger partial charge in [0.25, 0.3) is 0 Å². The standard InChI is InChI=1S/C12H16O4S/c1-2-6-17(13,14)12-5-3-4-10(7-12)15-8-11-9-16-11/h3-5,7,11H,2,6,8-9H2,1H3/t11-/m1/s1. The summed E-state index contributed by atoms with van der Waals surface area (Å²) in [7, 11) is -3.17. The fourth-order valence-corrected chi connectivity index (χ4v) is 2.85. The number of ether oxygens (including phenoxy) is 2. The van der Waals surface area contributed by atoms with E-state index in [9.17, 15) is 8.42 Å². The van der Waals surface area contributed by atoms with Crippen LogP contribution in [0.15, 0.2) is 29.2 Å². The van der Waals surface area contributed by atoms with Crippen LogP contribution in [0.25, 0.3) is 0 Å². The lowest BCUT2D eigenvalue weighted by atomic mass is 10.3. The maximum Gasteiger partial charge on any atom is 0.178 e. The zero-order chi connectivity index (χ0) is 12.3. The van der Waals surface area contributed by atoms with Gasteiger partial charge in [-0.15, -0.1) is 0 Å². The summed E-state index contributed by atoms with van der Waals surface area (Å²) in [5.74, 6) is 0.750. The van der Waals surface area contributed by atoms with Crippen molar-refractivity contribution in [3.8, 4) is 5.75 Å². The van der Waals surface area contributed by atoms with Gasteiger partial charge < -0.3 is 9.47 Å². The van der Waals surface area contributed by atoms with E-state index in [2.05, 4.69) is 0 Å². The molecule has 1 aliphatic heterocycles. The summed E-state index contributed by atoms with van der Waals surface area (Å²) >= 11 is 0. The van der Waals surface area contributed by atoms with Gasteiger partial charge >= 0.3 is 0 Å². The van der Waals surface area contributed by atoms with Crippen molar-refractivity contribution < 1.29 is 17.9 Å². The molecule has 1 fully saturated rings. The first-order valence-corrected chi connectivity index (χ1v) is 7.34. The first-order valence-electron chi connectivity index (χ1n) is 5.69. The van der Waals surface area contributed by atoms with Gasteiger partial charge in [-0.1, -0.05) is 13.0 Å². The average Bonchev–Trinajstić information content (AvgIpc) is 3.10. The largest absolute Gasteiger partial charge is 0.491 e. The number of epoxide rings is 1. The summed E-state index contributed by atoms with van der Waals surface area (Å²) in [6.45, 7) is 3.06. The molecular weight excluding hydrogens is 240 g/mol. The van der Waals surface area contributed by atoms with Crippen LogP contribution >= 0.6 is 0 Å². The van der Waals surface area contributed by atoms with Gasteiger partial charge in [0.2, 0.25) is 0 Å². The first kappa shape index (κ1) is 12.4. The van der Waals surface area contributed by atoms with Crippen molar-refractivity contribution in [2.24, 2.45) is 0 Å². The van der Waals surface area contributed by atoms with Crippen LogP contribution in [0, 0.1) is 0 Å². The Kier molecular flexibility index (Phi) is 3.69. The third-order valence-corrected chi connectivity index (χ3v) is 4.39. The van der Waals surface area contributed by atoms with Crippen molar-refractivity contribution in [3.05, 3.63) is 24.3 Å². The van der Waals surface area contributed by atoms with Crippen LogP contribution in [0.3, 0.4) is 0 Å². The van der Waals surface area contributed by atoms with Gasteiger partial charge in [-0.3, -0.25) is 0 Å². The number of benzene rings is 1. The smallest absolute Gasteiger partial charge is 0.178 e. The maximum absolute atomic E-state index is 11.9. The maximum atomic E-state index is 11.9. The highest BCUT2D eigenvalue weighted by Gasteiger charge is 2.23. The van der Waals surface area contributed by atoms with Gasteiger partial charge in [-0.25, -0.2) is 8.42 Å². The van der Waals surface area contributed by atoms with Crippen molar-refractivity contribution >= 4 is 9.84 Å². The Morgan fingerprint density at radius 2 is 2.24 bits per heavy atom. The minimum atomic E-state index is -3.17. The molecule has 1 aromatic rings. The van der Waals surface area contributed by atoms with Crippen molar-refractivity contribution in [1.29, 1.82) is 0 Å². The van der Waals surface area contributed by atoms with Gasteiger partial charge in [0.1, 0.15) is 18.5 Å². The van der Waals surface area contributed by atoms with Gasteiger partial charge in [-0.05, 0) is 24.6 Å². The molecule has 5 heteroatoms. The van der Waals surface area contributed by atoms with E-state index in [4.69, 9.17) is 9.47 Å². The first-order chi connectivity index (χ1) is 8.12. The molecule has 0 spiro atoms. The summed E-state index contributed by atoms with van der Waals surface area (Å²) in [5.41, 5.74) is 0. The van der Waals surface area contributed by atoms with Crippen molar-refractivity contribution in [1.82, 2.24) is 0 Å². The Labute approximate surface area is 101 Å². The van der Waals surface area contributed by atoms with Crippen LogP contribution in [-0.4, -0.2) is 33.5 Å². The third kappa shape index (κ3) is 3.44. The van der Waals surface area contributed by atoms with E-state index >= 15 is 0 Å². The predicted octanol–water partition coefficient (Wildman–Crippen LogP) is 1.65. The number of sulfone groups is 1. The topological polar surface area (TPSA) is 55.9 Å². The van der Waals surface area contributed by atoms with E-state index in [1.54, 1.807) is 24.3 Å². The SMILES string of the molecule is CCCS(=O)(=O)c1cccc(OC[C@@H]2CO2)c1. The average molecular weight is 256 g/mol. The summed E-state index contributed by atoms with van der Waals surface area (Å²) in [6, 6.07) is 6.64. The minimum Gasteiger partial charge on any atom is -0.491 e. The molecule has 0 N–H and O–H groups in total. The zero-order valence-electron chi connectivity index (χ0n) is 9.76. The van der Waals surface area contributed by atoms with Crippen molar-refractivity contribution in [3.63, 3.8) is 0 Å². The van der Waals surface area contributed by atoms with Crippen molar-refractivity contribution in [2.45, 2.75) is 24.3 Å². The van der Waals surface area contributed by atoms with Crippen LogP contribution in [0.5, 0.6) is 5.75 Å². The highest BCUT2D eigenvalue weighted by molar-refractivity contribution is 7.91. The Bertz CT molecular complexity index is 477. The van der Waals surface area contributed by atoms with E-state index in [0.717, 1.165) is 6.61 Å². The Morgan fingerprint density at radius 1 is 1.47 bits per heavy atom. The highest BCUT2D eigenvalue weighted by Crippen LogP contribution is 2.20. The molecule has 4 nitrogen and oxygen atoms in total. The molecule has 2 rings (SSSR count). The molecule has 1 aliphatic rings. The second kappa shape index (κ2) is 5.06. The third-order valence-electron chi connectivity index (χ3n) is 2.48. The van der Waals surface area contributed by atoms with Gasteiger partial charge in [0.15, 0.2) is 9.84 Å². The van der Waals surface area contributed by atoms with Crippen LogP contribution in [0.4, 0.5) is 0 Å². The zero-order valence-corrected chi connectivity index (χ0v) is 10.6. The summed E-state index contributed by atoms with van der Waals surface area (Å²) in [4.78, 5) is 0.327. The fourth-order valence-electron chi connectivity index (χ4n) is 1.50. The van der Waals surface area contributed by atoms with E-state index in [1.165, 1.54) is 0 Å². The van der Waals surface area contributed by atoms with E-state index in [1.807, 2.05) is 6.92 Å². The molecule has 0 aliphatic carbocycles. The lowest BCUT2D eigenvalue weighted by Gasteiger charge is -2.07. The molecule has 1 saturated heterocycles. The Hall–Kier alpha value is -1.07. The molecule has 0 aromatic heterocycles. The van der Waals surface area contributed by atoms with Gasteiger partial charge in [0, 0.05) is 0 Å². The molecular formula is C12H16O4S. The quantitative estimate of drug-likeness (QED) is 0.726. The highest BCUT2D eigenvalue weighted by atomic mass is 32.2. The molecule has 1 atom stereocenters. The van der Waals surface area contributed by atoms with Gasteiger partial charge in [0.05, 0.1) is 17.3 Å². The minimum absolute atomic E-state index is 0.169. The second-order valence-electron chi connectivity index (χ2n) is 4.06. The van der Waals surface area contributed by atoms with Crippen LogP contribution < -0.4 is 4.74 Å². The predicted molar refractivity (Wildman–Crippen MR) is 64.0 cm³/mol. The number of rotatable bonds is 6. The normalized spacial score (nSPS) is 19.0. The van der Waals surface area contributed by atoms with Gasteiger partial charge in [-0.2, -0.15) is 0 Å². The van der Waals surface area contributed by atoms with Crippen LogP contribution in [0.1, 0.15) is 13.3 Å². The lowest BCUT2D eigenvalue weighted by Crippen LogP contribution is -2.07. The molecule has 17 heavy (non-hydrogen) atoms. The Morgan fingerprint density at radius 3 is 2.88 bits per heavy atom. The molecule has 0 saturated carbocycles. The fraction of sp³-hybridized carbons (Fsp3) is 0.500. The van der Waals surface area contributed by atoms with Crippen molar-refractivity contribution in [2.75, 3.05) is 19.0 Å². The summed E-state index contributed by atoms with van der Waals surface area (Å²) in [6.07, 6.45) is 0.787. The van der Waals surface area contributed by atoms with E-state index < -0.39 is 9.84 Å². The monoisotopic (exact) mass is 256 g/mol. The van der Waals surface area contributed by atoms with Crippen LogP contribution in [-0.2, 0) is 14.6 Å². The van der Waals surface area contributed by atoms with E-state index in [0.29, 0.717) is 23.7 Å². The molecule has 1 heterocycles. The molecule has 0 unspecified atom stereocenters. The summed E-state index contributed by atoms with van der Waals surface area (Å²) < 4.78 is 34.2. The lowest BCUT2D eigenvalue weighted by molar-refractivity contribution is 0.262. The molecule has 0 bridgehead atoms. The van der Waals surface area contributed by atoms with Crippen LogP contribution in [0.2, 0.25) is 0 Å². The molecule has 0 amide bonds. The second-order valence-corrected chi connectivity index (χ2v) is 6.17. The molecule has 94 valence electrons. The van der Waals surface area contributed by atoms with E-state index in [-0.39, 0.29) is 11.9 Å². The molecule has 0 radical (unpaired) electrons. The number of hydrogen-bond acceptors (Lipinski definition) is 4. The number of hydrogen-bond donors (Lipinski definition) is 0.